The molecule has 0 spiro atoms. The highest BCUT2D eigenvalue weighted by Gasteiger charge is 2.16. The predicted molar refractivity (Wildman–Crippen MR) is 80.0 cm³/mol. The Morgan fingerprint density at radius 1 is 1.29 bits per heavy atom. The summed E-state index contributed by atoms with van der Waals surface area (Å²) in [6, 6.07) is 7.18. The second kappa shape index (κ2) is 6.92. The second-order valence-electron chi connectivity index (χ2n) is 5.26. The molecule has 0 aromatic heterocycles. The van der Waals surface area contributed by atoms with Crippen LogP contribution in [0.3, 0.4) is 0 Å². The molecule has 0 saturated carbocycles. The highest BCUT2D eigenvalue weighted by molar-refractivity contribution is 5.75. The highest BCUT2D eigenvalue weighted by Crippen LogP contribution is 2.11. The highest BCUT2D eigenvalue weighted by atomic mass is 16.4. The number of rotatable bonds is 4. The van der Waals surface area contributed by atoms with Crippen molar-refractivity contribution in [3.63, 3.8) is 0 Å². The Labute approximate surface area is 124 Å². The summed E-state index contributed by atoms with van der Waals surface area (Å²) in [7, 11) is 0. The third-order valence-electron chi connectivity index (χ3n) is 3.51. The zero-order valence-corrected chi connectivity index (χ0v) is 12.1. The first-order valence-electron chi connectivity index (χ1n) is 7.03. The van der Waals surface area contributed by atoms with Crippen molar-refractivity contribution in [3.8, 4) is 0 Å². The summed E-state index contributed by atoms with van der Waals surface area (Å²) >= 11 is 0. The van der Waals surface area contributed by atoms with Gasteiger partial charge in [-0.05, 0) is 24.5 Å². The van der Waals surface area contributed by atoms with Crippen LogP contribution < -0.4 is 5.32 Å². The Balaban J connectivity index is 1.95. The Bertz CT molecular complexity index is 566. The van der Waals surface area contributed by atoms with E-state index in [4.69, 9.17) is 5.11 Å². The lowest BCUT2D eigenvalue weighted by atomic mass is 10.0. The van der Waals surface area contributed by atoms with Crippen molar-refractivity contribution in [1.29, 1.82) is 0 Å². The molecule has 2 rings (SSSR count). The number of hydrogen-bond donors (Lipinski definition) is 2. The van der Waals surface area contributed by atoms with E-state index < -0.39 is 5.97 Å². The number of hydrogen-bond acceptors (Lipinski definition) is 2. The average molecular weight is 288 g/mol. The Morgan fingerprint density at radius 2 is 2.00 bits per heavy atom. The Hall–Kier alpha value is -2.30. The zero-order valence-electron chi connectivity index (χ0n) is 12.1. The van der Waals surface area contributed by atoms with E-state index in [-0.39, 0.29) is 12.5 Å². The third-order valence-corrected chi connectivity index (χ3v) is 3.51. The molecule has 1 aromatic carbocycles. The molecule has 1 aliphatic heterocycles. The van der Waals surface area contributed by atoms with Crippen LogP contribution in [0.5, 0.6) is 0 Å². The molecule has 0 radical (unpaired) electrons. The summed E-state index contributed by atoms with van der Waals surface area (Å²) in [4.78, 5) is 24.7. The number of urea groups is 1. The minimum absolute atomic E-state index is 0.0302. The predicted octanol–water partition coefficient (Wildman–Crippen LogP) is 2.18. The van der Waals surface area contributed by atoms with E-state index in [1.165, 1.54) is 5.57 Å². The average Bonchev–Trinajstić information content (AvgIpc) is 2.45. The van der Waals surface area contributed by atoms with Crippen LogP contribution in [-0.4, -0.2) is 35.1 Å². The van der Waals surface area contributed by atoms with Gasteiger partial charge in [0.25, 0.3) is 0 Å². The van der Waals surface area contributed by atoms with Gasteiger partial charge in [0.15, 0.2) is 0 Å². The maximum Gasteiger partial charge on any atom is 0.317 e. The number of aliphatic carboxylic acids is 1. The maximum atomic E-state index is 12.1. The van der Waals surface area contributed by atoms with E-state index >= 15 is 0 Å². The quantitative estimate of drug-likeness (QED) is 0.834. The minimum Gasteiger partial charge on any atom is -0.481 e. The maximum absolute atomic E-state index is 12.1. The molecule has 0 fully saturated rings. The van der Waals surface area contributed by atoms with E-state index in [9.17, 15) is 9.59 Å². The molecule has 2 N–H and O–H groups in total. The molecule has 21 heavy (non-hydrogen) atoms. The number of amides is 2. The fourth-order valence-corrected chi connectivity index (χ4v) is 2.43. The molecule has 1 heterocycles. The van der Waals surface area contributed by atoms with Gasteiger partial charge in [0.2, 0.25) is 0 Å². The standard InChI is InChI=1S/C16H20N2O3/c1-12-5-4-8-18(11-12)16(21)17-10-14-7-3-2-6-13(14)9-15(19)20/h2-3,5-7H,4,8-11H2,1H3,(H,17,21)(H,19,20). The van der Waals surface area contributed by atoms with Crippen molar-refractivity contribution in [2.24, 2.45) is 0 Å². The van der Waals surface area contributed by atoms with Crippen molar-refractivity contribution in [3.05, 3.63) is 47.0 Å². The van der Waals surface area contributed by atoms with Gasteiger partial charge in [-0.1, -0.05) is 35.9 Å². The Kier molecular flexibility index (Phi) is 4.98. The first-order valence-corrected chi connectivity index (χ1v) is 7.03. The van der Waals surface area contributed by atoms with Crippen molar-refractivity contribution in [1.82, 2.24) is 10.2 Å². The lowest BCUT2D eigenvalue weighted by Crippen LogP contribution is -2.42. The minimum atomic E-state index is -0.870. The summed E-state index contributed by atoms with van der Waals surface area (Å²) in [6.45, 7) is 3.74. The number of carbonyl (C=O) groups is 2. The number of carboxylic acid groups (broad SMARTS) is 1. The number of benzene rings is 1. The van der Waals surface area contributed by atoms with Gasteiger partial charge in [-0.2, -0.15) is 0 Å². The Morgan fingerprint density at radius 3 is 2.67 bits per heavy atom. The van der Waals surface area contributed by atoms with Crippen molar-refractivity contribution in [2.75, 3.05) is 13.1 Å². The number of carboxylic acids is 1. The largest absolute Gasteiger partial charge is 0.481 e. The van der Waals surface area contributed by atoms with Crippen LogP contribution in [0, 0.1) is 0 Å². The zero-order chi connectivity index (χ0) is 15.2. The lowest BCUT2D eigenvalue weighted by molar-refractivity contribution is -0.136. The van der Waals surface area contributed by atoms with Crippen LogP contribution in [0.15, 0.2) is 35.9 Å². The lowest BCUT2D eigenvalue weighted by Gasteiger charge is -2.26. The van der Waals surface area contributed by atoms with Gasteiger partial charge < -0.3 is 15.3 Å². The molecule has 0 atom stereocenters. The van der Waals surface area contributed by atoms with Gasteiger partial charge in [0.1, 0.15) is 0 Å². The van der Waals surface area contributed by atoms with Crippen molar-refractivity contribution < 1.29 is 14.7 Å². The molecule has 112 valence electrons. The first kappa shape index (κ1) is 15.1. The third kappa shape index (κ3) is 4.34. The van der Waals surface area contributed by atoms with Crippen molar-refractivity contribution >= 4 is 12.0 Å². The molecule has 0 unspecified atom stereocenters. The fraction of sp³-hybridized carbons (Fsp3) is 0.375. The number of nitrogens with zero attached hydrogens (tertiary/aromatic N) is 1. The van der Waals surface area contributed by atoms with E-state index in [0.29, 0.717) is 13.1 Å². The molecule has 1 aromatic rings. The van der Waals surface area contributed by atoms with E-state index in [2.05, 4.69) is 11.4 Å². The normalized spacial score (nSPS) is 14.5. The molecule has 0 bridgehead atoms. The van der Waals surface area contributed by atoms with Crippen LogP contribution in [0.4, 0.5) is 4.79 Å². The molecule has 5 nitrogen and oxygen atoms in total. The topological polar surface area (TPSA) is 69.6 Å². The molecule has 2 amide bonds. The monoisotopic (exact) mass is 288 g/mol. The summed E-state index contributed by atoms with van der Waals surface area (Å²) in [6.07, 6.45) is 3.00. The van der Waals surface area contributed by atoms with Gasteiger partial charge in [0, 0.05) is 19.6 Å². The smallest absolute Gasteiger partial charge is 0.317 e. The van der Waals surface area contributed by atoms with Gasteiger partial charge in [0.05, 0.1) is 6.42 Å². The van der Waals surface area contributed by atoms with Gasteiger partial charge in [-0.25, -0.2) is 4.79 Å². The van der Waals surface area contributed by atoms with Gasteiger partial charge in [-0.3, -0.25) is 4.79 Å². The van der Waals surface area contributed by atoms with Crippen LogP contribution >= 0.6 is 0 Å². The van der Waals surface area contributed by atoms with Gasteiger partial charge >= 0.3 is 12.0 Å². The summed E-state index contributed by atoms with van der Waals surface area (Å²) < 4.78 is 0. The molecule has 0 saturated heterocycles. The molecular weight excluding hydrogens is 268 g/mol. The van der Waals surface area contributed by atoms with Crippen molar-refractivity contribution in [2.45, 2.75) is 26.3 Å². The van der Waals surface area contributed by atoms with Crippen LogP contribution in [0.2, 0.25) is 0 Å². The van der Waals surface area contributed by atoms with Crippen LogP contribution in [0.25, 0.3) is 0 Å². The molecular formula is C16H20N2O3. The van der Waals surface area contributed by atoms with Gasteiger partial charge in [-0.15, -0.1) is 0 Å². The van der Waals surface area contributed by atoms with E-state index in [1.54, 1.807) is 11.0 Å². The van der Waals surface area contributed by atoms with E-state index in [1.807, 2.05) is 25.1 Å². The van der Waals surface area contributed by atoms with Crippen LogP contribution in [-0.2, 0) is 17.8 Å². The summed E-state index contributed by atoms with van der Waals surface area (Å²) in [5, 5.41) is 11.8. The van der Waals surface area contributed by atoms with E-state index in [0.717, 1.165) is 24.1 Å². The molecule has 5 heteroatoms. The van der Waals surface area contributed by atoms with Crippen LogP contribution in [0.1, 0.15) is 24.5 Å². The summed E-state index contributed by atoms with van der Waals surface area (Å²) in [5.41, 5.74) is 2.78. The second-order valence-corrected chi connectivity index (χ2v) is 5.26. The fourth-order valence-electron chi connectivity index (χ4n) is 2.43. The number of nitrogens with one attached hydrogen (secondary N) is 1. The molecule has 0 aliphatic carbocycles. The SMILES string of the molecule is CC1=CCCN(C(=O)NCc2ccccc2CC(=O)O)C1. The summed E-state index contributed by atoms with van der Waals surface area (Å²) in [5.74, 6) is -0.870. The first-order chi connectivity index (χ1) is 10.1. The molecule has 1 aliphatic rings. The number of carbonyl (C=O) groups excluding carboxylic acids is 1.